The minimum Gasteiger partial charge on any atom is -0.338 e. The summed E-state index contributed by atoms with van der Waals surface area (Å²) in [5.41, 5.74) is 2.22. The molecule has 6 nitrogen and oxygen atoms in total. The quantitative estimate of drug-likeness (QED) is 0.890. The molecule has 2 rings (SSSR count). The molecule has 0 radical (unpaired) electrons. The fourth-order valence-electron chi connectivity index (χ4n) is 2.24. The first-order chi connectivity index (χ1) is 9.77. The zero-order valence-electron chi connectivity index (χ0n) is 12.5. The van der Waals surface area contributed by atoms with Crippen LogP contribution in [0.5, 0.6) is 0 Å². The largest absolute Gasteiger partial charge is 0.338 e. The van der Waals surface area contributed by atoms with Crippen LogP contribution in [0.1, 0.15) is 19.4 Å². The van der Waals surface area contributed by atoms with Crippen LogP contribution in [-0.4, -0.2) is 33.8 Å². The smallest absolute Gasteiger partial charge is 0.319 e. The van der Waals surface area contributed by atoms with Crippen molar-refractivity contribution in [2.75, 3.05) is 29.0 Å². The fraction of sp³-hybridized carbons (Fsp3) is 0.500. The first-order valence-corrected chi connectivity index (χ1v) is 8.77. The summed E-state index contributed by atoms with van der Waals surface area (Å²) in [6.07, 6.45) is 1.89. The summed E-state index contributed by atoms with van der Waals surface area (Å²) in [5.74, 6) is 0.372. The molecule has 21 heavy (non-hydrogen) atoms. The Morgan fingerprint density at radius 2 is 2.10 bits per heavy atom. The highest BCUT2D eigenvalue weighted by atomic mass is 32.2. The highest BCUT2D eigenvalue weighted by Gasteiger charge is 2.26. The van der Waals surface area contributed by atoms with Crippen LogP contribution >= 0.6 is 0 Å². The Bertz CT molecular complexity index is 641. The van der Waals surface area contributed by atoms with E-state index in [1.807, 2.05) is 19.9 Å². The number of urea groups is 1. The number of nitrogens with one attached hydrogen (secondary N) is 2. The molecule has 1 aliphatic heterocycles. The van der Waals surface area contributed by atoms with E-state index < -0.39 is 10.0 Å². The molecule has 0 unspecified atom stereocenters. The van der Waals surface area contributed by atoms with Gasteiger partial charge in [-0.1, -0.05) is 19.9 Å². The maximum atomic E-state index is 11.7. The Hall–Kier alpha value is -1.76. The number of sulfonamides is 1. The second kappa shape index (κ2) is 5.93. The van der Waals surface area contributed by atoms with Crippen LogP contribution in [0.15, 0.2) is 18.2 Å². The monoisotopic (exact) mass is 311 g/mol. The Balaban J connectivity index is 2.12. The molecule has 1 aromatic rings. The highest BCUT2D eigenvalue weighted by molar-refractivity contribution is 7.92. The predicted molar refractivity (Wildman–Crippen MR) is 84.2 cm³/mol. The minimum absolute atomic E-state index is 0.285. The van der Waals surface area contributed by atoms with E-state index in [4.69, 9.17) is 0 Å². The summed E-state index contributed by atoms with van der Waals surface area (Å²) < 4.78 is 24.8. The van der Waals surface area contributed by atoms with Crippen LogP contribution in [0.4, 0.5) is 16.2 Å². The maximum absolute atomic E-state index is 11.7. The molecule has 0 bridgehead atoms. The molecule has 0 saturated heterocycles. The number of anilines is 2. The number of carbonyl (C=O) groups excluding carboxylic acids is 1. The van der Waals surface area contributed by atoms with Crippen LogP contribution < -0.4 is 14.9 Å². The summed E-state index contributed by atoms with van der Waals surface area (Å²) in [5, 5.41) is 5.49. The SMILES string of the molecule is CC(C)CNC(=O)Nc1ccc2c(c1)N(S(C)(=O)=O)CC2. The molecular formula is C14H21N3O3S. The van der Waals surface area contributed by atoms with E-state index in [0.29, 0.717) is 36.8 Å². The number of amides is 2. The number of hydrogen-bond acceptors (Lipinski definition) is 3. The van der Waals surface area contributed by atoms with Crippen molar-refractivity contribution in [3.63, 3.8) is 0 Å². The number of carbonyl (C=O) groups is 1. The second-order valence-electron chi connectivity index (χ2n) is 5.66. The van der Waals surface area contributed by atoms with Gasteiger partial charge in [0.15, 0.2) is 0 Å². The third-order valence-electron chi connectivity index (χ3n) is 3.27. The van der Waals surface area contributed by atoms with Crippen molar-refractivity contribution >= 4 is 27.4 Å². The van der Waals surface area contributed by atoms with Gasteiger partial charge in [-0.2, -0.15) is 0 Å². The van der Waals surface area contributed by atoms with Crippen LogP contribution in [0.2, 0.25) is 0 Å². The number of fused-ring (bicyclic) bond motifs is 1. The summed E-state index contributed by atoms with van der Waals surface area (Å²) in [6.45, 7) is 5.07. The molecule has 0 atom stereocenters. The van der Waals surface area contributed by atoms with Crippen molar-refractivity contribution in [3.05, 3.63) is 23.8 Å². The van der Waals surface area contributed by atoms with Crippen LogP contribution in [0, 0.1) is 5.92 Å². The Kier molecular flexibility index (Phi) is 4.41. The van der Waals surface area contributed by atoms with Crippen LogP contribution in [0.25, 0.3) is 0 Å². The molecule has 2 N–H and O–H groups in total. The number of hydrogen-bond donors (Lipinski definition) is 2. The molecule has 0 saturated carbocycles. The van der Waals surface area contributed by atoms with Gasteiger partial charge in [-0.15, -0.1) is 0 Å². The van der Waals surface area contributed by atoms with Crippen LogP contribution in [-0.2, 0) is 16.4 Å². The second-order valence-corrected chi connectivity index (χ2v) is 7.56. The first-order valence-electron chi connectivity index (χ1n) is 6.93. The molecule has 1 aliphatic rings. The lowest BCUT2D eigenvalue weighted by molar-refractivity contribution is 0.251. The van der Waals surface area contributed by atoms with Gasteiger partial charge in [0.2, 0.25) is 10.0 Å². The zero-order chi connectivity index (χ0) is 15.6. The van der Waals surface area contributed by atoms with Gasteiger partial charge >= 0.3 is 6.03 Å². The van der Waals surface area contributed by atoms with Gasteiger partial charge in [-0.3, -0.25) is 4.31 Å². The van der Waals surface area contributed by atoms with Crippen molar-refractivity contribution in [2.45, 2.75) is 20.3 Å². The van der Waals surface area contributed by atoms with E-state index in [-0.39, 0.29) is 6.03 Å². The van der Waals surface area contributed by atoms with Crippen molar-refractivity contribution < 1.29 is 13.2 Å². The van der Waals surface area contributed by atoms with Gasteiger partial charge in [0.05, 0.1) is 11.9 Å². The fourth-order valence-corrected chi connectivity index (χ4v) is 3.19. The molecule has 0 aliphatic carbocycles. The minimum atomic E-state index is -3.28. The molecular weight excluding hydrogens is 290 g/mol. The Morgan fingerprint density at radius 3 is 2.71 bits per heavy atom. The Labute approximate surface area is 125 Å². The molecule has 0 spiro atoms. The molecule has 0 fully saturated rings. The molecule has 2 amide bonds. The number of benzene rings is 1. The normalized spacial score (nSPS) is 14.2. The van der Waals surface area contributed by atoms with Crippen molar-refractivity contribution in [1.82, 2.24) is 5.32 Å². The lowest BCUT2D eigenvalue weighted by atomic mass is 10.1. The average molecular weight is 311 g/mol. The third-order valence-corrected chi connectivity index (χ3v) is 4.45. The van der Waals surface area contributed by atoms with Gasteiger partial charge in [0.1, 0.15) is 0 Å². The molecule has 1 aromatic carbocycles. The lowest BCUT2D eigenvalue weighted by Gasteiger charge is -2.17. The van der Waals surface area contributed by atoms with Gasteiger partial charge in [0.25, 0.3) is 0 Å². The third kappa shape index (κ3) is 3.87. The van der Waals surface area contributed by atoms with Gasteiger partial charge < -0.3 is 10.6 Å². The van der Waals surface area contributed by atoms with E-state index in [1.165, 1.54) is 10.6 Å². The summed E-state index contributed by atoms with van der Waals surface area (Å²) in [4.78, 5) is 11.7. The van der Waals surface area contributed by atoms with E-state index in [1.54, 1.807) is 12.1 Å². The van der Waals surface area contributed by atoms with Gasteiger partial charge in [0, 0.05) is 18.8 Å². The highest BCUT2D eigenvalue weighted by Crippen LogP contribution is 2.32. The molecule has 7 heteroatoms. The zero-order valence-corrected chi connectivity index (χ0v) is 13.3. The van der Waals surface area contributed by atoms with Crippen LogP contribution in [0.3, 0.4) is 0 Å². The molecule has 1 heterocycles. The summed E-state index contributed by atoms with van der Waals surface area (Å²) >= 11 is 0. The predicted octanol–water partition coefficient (Wildman–Crippen LogP) is 1.79. The number of rotatable bonds is 4. The maximum Gasteiger partial charge on any atom is 0.319 e. The van der Waals surface area contributed by atoms with Gasteiger partial charge in [-0.05, 0) is 30.0 Å². The van der Waals surface area contributed by atoms with Crippen molar-refractivity contribution in [3.8, 4) is 0 Å². The standard InChI is InChI=1S/C14H21N3O3S/c1-10(2)9-15-14(18)16-12-5-4-11-6-7-17(13(11)8-12)21(3,19)20/h4-5,8,10H,6-7,9H2,1-3H3,(H2,15,16,18). The topological polar surface area (TPSA) is 78.5 Å². The number of nitrogens with zero attached hydrogens (tertiary/aromatic N) is 1. The van der Waals surface area contributed by atoms with Gasteiger partial charge in [-0.25, -0.2) is 13.2 Å². The summed E-state index contributed by atoms with van der Waals surface area (Å²) in [6, 6.07) is 5.07. The first kappa shape index (κ1) is 15.6. The molecule has 116 valence electrons. The van der Waals surface area contributed by atoms with E-state index in [2.05, 4.69) is 10.6 Å². The van der Waals surface area contributed by atoms with E-state index >= 15 is 0 Å². The van der Waals surface area contributed by atoms with E-state index in [9.17, 15) is 13.2 Å². The van der Waals surface area contributed by atoms with Crippen molar-refractivity contribution in [1.29, 1.82) is 0 Å². The lowest BCUT2D eigenvalue weighted by Crippen LogP contribution is -2.31. The van der Waals surface area contributed by atoms with E-state index in [0.717, 1.165) is 5.56 Å². The summed E-state index contributed by atoms with van der Waals surface area (Å²) in [7, 11) is -3.28. The van der Waals surface area contributed by atoms with Crippen molar-refractivity contribution in [2.24, 2.45) is 5.92 Å². The average Bonchev–Trinajstić information content (AvgIpc) is 2.79. The Morgan fingerprint density at radius 1 is 1.38 bits per heavy atom. The molecule has 0 aromatic heterocycles.